The highest BCUT2D eigenvalue weighted by Gasteiger charge is 2.17. The number of thiophene rings is 1. The summed E-state index contributed by atoms with van der Waals surface area (Å²) in [6.07, 6.45) is 1.06. The Morgan fingerprint density at radius 3 is 3.06 bits per heavy atom. The molecule has 0 fully saturated rings. The second kappa shape index (κ2) is 3.59. The van der Waals surface area contributed by atoms with Gasteiger partial charge in [-0.15, -0.1) is 11.3 Å². The number of hydrogen-bond donors (Lipinski definition) is 0. The number of rotatable bonds is 1. The molecule has 0 spiro atoms. The van der Waals surface area contributed by atoms with Crippen LogP contribution in [0.2, 0.25) is 0 Å². The van der Waals surface area contributed by atoms with Crippen molar-refractivity contribution >= 4 is 27.1 Å². The van der Waals surface area contributed by atoms with E-state index in [1.54, 1.807) is 7.11 Å². The monoisotopic (exact) mass is 231 g/mol. The molecule has 2 heterocycles. The minimum absolute atomic E-state index is 0.919. The molecule has 0 saturated carbocycles. The Morgan fingerprint density at radius 2 is 2.25 bits per heavy atom. The zero-order valence-corrected chi connectivity index (χ0v) is 10.2. The summed E-state index contributed by atoms with van der Waals surface area (Å²) in [6, 6.07) is 6.31. The van der Waals surface area contributed by atoms with Crippen LogP contribution in [0.25, 0.3) is 10.1 Å². The molecule has 82 valence electrons. The van der Waals surface area contributed by atoms with Gasteiger partial charge in [0.2, 0.25) is 0 Å². The smallest absolute Gasteiger partial charge is 0.119 e. The average Bonchev–Trinajstić information content (AvgIpc) is 2.68. The van der Waals surface area contributed by atoms with Crippen molar-refractivity contribution in [3.63, 3.8) is 0 Å². The lowest BCUT2D eigenvalue weighted by atomic mass is 10.0. The molecule has 0 unspecified atom stereocenters. The highest BCUT2D eigenvalue weighted by molar-refractivity contribution is 7.21. The van der Waals surface area contributed by atoms with Crippen molar-refractivity contribution in [1.82, 2.24) is 0 Å². The third kappa shape index (κ3) is 1.35. The number of benzene rings is 1. The largest absolute Gasteiger partial charge is 0.497 e. The quantitative estimate of drug-likeness (QED) is 0.738. The average molecular weight is 231 g/mol. The van der Waals surface area contributed by atoms with Crippen molar-refractivity contribution in [2.24, 2.45) is 4.99 Å². The van der Waals surface area contributed by atoms with E-state index in [0.717, 1.165) is 18.7 Å². The number of ether oxygens (including phenoxy) is 1. The summed E-state index contributed by atoms with van der Waals surface area (Å²) < 4.78 is 6.62. The molecule has 0 N–H and O–H groups in total. The highest BCUT2D eigenvalue weighted by Crippen LogP contribution is 2.36. The number of fused-ring (bicyclic) bond motifs is 3. The van der Waals surface area contributed by atoms with Crippen LogP contribution >= 0.6 is 11.3 Å². The Bertz CT molecular complexity index is 583. The van der Waals surface area contributed by atoms with Crippen molar-refractivity contribution in [1.29, 1.82) is 0 Å². The van der Waals surface area contributed by atoms with Crippen LogP contribution in [0.3, 0.4) is 0 Å². The Morgan fingerprint density at radius 1 is 1.38 bits per heavy atom. The van der Waals surface area contributed by atoms with Gasteiger partial charge in [-0.05, 0) is 37.1 Å². The van der Waals surface area contributed by atoms with E-state index in [1.165, 1.54) is 26.2 Å². The van der Waals surface area contributed by atoms with Gasteiger partial charge in [-0.2, -0.15) is 0 Å². The van der Waals surface area contributed by atoms with Gasteiger partial charge in [-0.3, -0.25) is 4.99 Å². The Hall–Kier alpha value is -1.35. The van der Waals surface area contributed by atoms with Gasteiger partial charge in [0.25, 0.3) is 0 Å². The topological polar surface area (TPSA) is 21.6 Å². The molecule has 0 aliphatic carbocycles. The third-order valence-corrected chi connectivity index (χ3v) is 4.36. The Kier molecular flexibility index (Phi) is 2.21. The molecular formula is C13H13NOS. The van der Waals surface area contributed by atoms with Gasteiger partial charge in [0.05, 0.1) is 12.0 Å². The maximum atomic E-state index is 5.28. The van der Waals surface area contributed by atoms with Crippen molar-refractivity contribution < 1.29 is 4.74 Å². The van der Waals surface area contributed by atoms with Crippen molar-refractivity contribution in [3.8, 4) is 5.75 Å². The molecule has 1 aromatic carbocycles. The fourth-order valence-electron chi connectivity index (χ4n) is 2.20. The van der Waals surface area contributed by atoms with E-state index in [4.69, 9.17) is 4.74 Å². The van der Waals surface area contributed by atoms with E-state index in [-0.39, 0.29) is 0 Å². The number of hydrogen-bond acceptors (Lipinski definition) is 3. The molecule has 0 atom stereocenters. The maximum absolute atomic E-state index is 5.28. The molecule has 1 aliphatic heterocycles. The molecular weight excluding hydrogens is 218 g/mol. The first-order valence-corrected chi connectivity index (χ1v) is 6.22. The normalized spacial score (nSPS) is 14.8. The lowest BCUT2D eigenvalue weighted by Gasteiger charge is -2.09. The standard InChI is InChI=1S/C13H13NOS/c1-8-13-10(5-6-14-8)11-7-9(15-2)3-4-12(11)16-13/h3-4,7H,5-6H2,1-2H3. The molecule has 0 amide bonds. The van der Waals surface area contributed by atoms with E-state index in [1.807, 2.05) is 17.4 Å². The number of aliphatic imine (C=N–C) groups is 1. The van der Waals surface area contributed by atoms with E-state index in [9.17, 15) is 0 Å². The van der Waals surface area contributed by atoms with Crippen LogP contribution in [0.4, 0.5) is 0 Å². The fourth-order valence-corrected chi connectivity index (χ4v) is 3.40. The first-order chi connectivity index (χ1) is 7.79. The maximum Gasteiger partial charge on any atom is 0.119 e. The molecule has 0 saturated heterocycles. The molecule has 1 aliphatic rings. The lowest BCUT2D eigenvalue weighted by molar-refractivity contribution is 0.415. The van der Waals surface area contributed by atoms with Gasteiger partial charge >= 0.3 is 0 Å². The van der Waals surface area contributed by atoms with Gasteiger partial charge in [-0.1, -0.05) is 0 Å². The predicted molar refractivity (Wildman–Crippen MR) is 69.2 cm³/mol. The van der Waals surface area contributed by atoms with E-state index < -0.39 is 0 Å². The molecule has 3 rings (SSSR count). The van der Waals surface area contributed by atoms with Crippen molar-refractivity contribution in [2.75, 3.05) is 13.7 Å². The van der Waals surface area contributed by atoms with E-state index >= 15 is 0 Å². The van der Waals surface area contributed by atoms with Crippen LogP contribution in [0.1, 0.15) is 17.4 Å². The van der Waals surface area contributed by atoms with Gasteiger partial charge in [0.1, 0.15) is 5.75 Å². The Labute approximate surface area is 98.6 Å². The molecule has 0 bridgehead atoms. The lowest BCUT2D eigenvalue weighted by Crippen LogP contribution is -2.06. The summed E-state index contributed by atoms with van der Waals surface area (Å²) in [6.45, 7) is 3.02. The van der Waals surface area contributed by atoms with Crippen LogP contribution < -0.4 is 4.74 Å². The summed E-state index contributed by atoms with van der Waals surface area (Å²) in [5.41, 5.74) is 2.63. The van der Waals surface area contributed by atoms with Crippen LogP contribution in [-0.2, 0) is 6.42 Å². The zero-order valence-electron chi connectivity index (χ0n) is 9.41. The van der Waals surface area contributed by atoms with Gasteiger partial charge < -0.3 is 4.74 Å². The van der Waals surface area contributed by atoms with Crippen LogP contribution in [0.15, 0.2) is 23.2 Å². The summed E-state index contributed by atoms with van der Waals surface area (Å²) in [4.78, 5) is 5.86. The molecule has 1 aromatic heterocycles. The van der Waals surface area contributed by atoms with Crippen LogP contribution in [0.5, 0.6) is 5.75 Å². The molecule has 2 nitrogen and oxygen atoms in total. The summed E-state index contributed by atoms with van der Waals surface area (Å²) in [5.74, 6) is 0.938. The van der Waals surface area contributed by atoms with Gasteiger partial charge in [0, 0.05) is 22.3 Å². The predicted octanol–water partition coefficient (Wildman–Crippen LogP) is 3.28. The zero-order chi connectivity index (χ0) is 11.1. The van der Waals surface area contributed by atoms with Gasteiger partial charge in [0.15, 0.2) is 0 Å². The third-order valence-electron chi connectivity index (χ3n) is 3.04. The second-order valence-electron chi connectivity index (χ2n) is 3.99. The molecule has 0 radical (unpaired) electrons. The first-order valence-electron chi connectivity index (χ1n) is 5.40. The fraction of sp³-hybridized carbons (Fsp3) is 0.308. The molecule has 16 heavy (non-hydrogen) atoms. The van der Waals surface area contributed by atoms with E-state index in [2.05, 4.69) is 24.0 Å². The van der Waals surface area contributed by atoms with Crippen molar-refractivity contribution in [2.45, 2.75) is 13.3 Å². The minimum atomic E-state index is 0.919. The SMILES string of the molecule is COc1ccc2sc3c(c2c1)CCN=C3C. The molecule has 2 aromatic rings. The van der Waals surface area contributed by atoms with Crippen LogP contribution in [0, 0.1) is 0 Å². The van der Waals surface area contributed by atoms with Crippen molar-refractivity contribution in [3.05, 3.63) is 28.6 Å². The van der Waals surface area contributed by atoms with Gasteiger partial charge in [-0.25, -0.2) is 0 Å². The number of methoxy groups -OCH3 is 1. The summed E-state index contributed by atoms with van der Waals surface area (Å²) in [5, 5.41) is 1.34. The minimum Gasteiger partial charge on any atom is -0.497 e. The number of nitrogens with zero attached hydrogens (tertiary/aromatic N) is 1. The molecule has 3 heteroatoms. The highest BCUT2D eigenvalue weighted by atomic mass is 32.1. The first kappa shape index (κ1) is 9.85. The summed E-state index contributed by atoms with van der Waals surface area (Å²) in [7, 11) is 1.71. The van der Waals surface area contributed by atoms with E-state index in [0.29, 0.717) is 0 Å². The van der Waals surface area contributed by atoms with Crippen LogP contribution in [-0.4, -0.2) is 19.4 Å². The summed E-state index contributed by atoms with van der Waals surface area (Å²) >= 11 is 1.84. The second-order valence-corrected chi connectivity index (χ2v) is 5.04. The Balaban J connectivity index is 2.30.